The molecular formula is C12H24N2OS. The number of hydrogen-bond donors (Lipinski definition) is 0. The predicted molar refractivity (Wildman–Crippen MR) is 71.0 cm³/mol. The minimum atomic E-state index is 0.797. The summed E-state index contributed by atoms with van der Waals surface area (Å²) >= 11 is 1.77. The molecule has 0 unspecified atom stereocenters. The van der Waals surface area contributed by atoms with E-state index < -0.39 is 0 Å². The smallest absolute Gasteiger partial charge is 0.0897 e. The van der Waals surface area contributed by atoms with Gasteiger partial charge in [0.05, 0.1) is 11.6 Å². The summed E-state index contributed by atoms with van der Waals surface area (Å²) in [4.78, 5) is 7.94. The maximum absolute atomic E-state index is 5.06. The standard InChI is InChI=1S/C10H18N2OS.C2H6/c1-4-12(5-6-13-3)8-10-7-11-9(2)14-10;1-2/h7H,4-6,8H2,1-3H3;1-2H3. The molecule has 4 heteroatoms. The maximum atomic E-state index is 5.06. The molecule has 16 heavy (non-hydrogen) atoms. The van der Waals surface area contributed by atoms with Crippen LogP contribution in [-0.4, -0.2) is 36.7 Å². The molecule has 0 aliphatic rings. The Morgan fingerprint density at radius 2 is 2.12 bits per heavy atom. The van der Waals surface area contributed by atoms with E-state index in [1.54, 1.807) is 18.4 Å². The van der Waals surface area contributed by atoms with Crippen LogP contribution in [-0.2, 0) is 11.3 Å². The zero-order valence-electron chi connectivity index (χ0n) is 11.1. The highest BCUT2D eigenvalue weighted by Crippen LogP contribution is 2.13. The number of thiazole rings is 1. The monoisotopic (exact) mass is 244 g/mol. The van der Waals surface area contributed by atoms with Gasteiger partial charge in [-0.2, -0.15) is 0 Å². The molecule has 94 valence electrons. The van der Waals surface area contributed by atoms with E-state index in [0.717, 1.165) is 31.2 Å². The molecule has 0 radical (unpaired) electrons. The highest BCUT2D eigenvalue weighted by molar-refractivity contribution is 7.11. The van der Waals surface area contributed by atoms with Gasteiger partial charge in [0.25, 0.3) is 0 Å². The largest absolute Gasteiger partial charge is 0.383 e. The molecule has 0 spiro atoms. The molecule has 0 bridgehead atoms. The molecule has 0 aliphatic carbocycles. The number of aromatic nitrogens is 1. The van der Waals surface area contributed by atoms with Gasteiger partial charge in [-0.1, -0.05) is 20.8 Å². The van der Waals surface area contributed by atoms with Crippen LogP contribution in [0.3, 0.4) is 0 Å². The Morgan fingerprint density at radius 3 is 2.56 bits per heavy atom. The summed E-state index contributed by atoms with van der Waals surface area (Å²) in [6.07, 6.45) is 1.97. The average molecular weight is 244 g/mol. The molecule has 0 amide bonds. The van der Waals surface area contributed by atoms with Crippen LogP contribution in [0.15, 0.2) is 6.20 Å². The quantitative estimate of drug-likeness (QED) is 0.769. The normalized spacial score (nSPS) is 10.1. The summed E-state index contributed by atoms with van der Waals surface area (Å²) < 4.78 is 5.06. The number of hydrogen-bond acceptors (Lipinski definition) is 4. The SMILES string of the molecule is CC.CCN(CCOC)Cc1cnc(C)s1. The van der Waals surface area contributed by atoms with E-state index in [9.17, 15) is 0 Å². The van der Waals surface area contributed by atoms with Crippen LogP contribution in [0.4, 0.5) is 0 Å². The van der Waals surface area contributed by atoms with E-state index >= 15 is 0 Å². The fourth-order valence-electron chi connectivity index (χ4n) is 1.27. The van der Waals surface area contributed by atoms with E-state index in [1.165, 1.54) is 4.88 Å². The topological polar surface area (TPSA) is 25.4 Å². The van der Waals surface area contributed by atoms with Crippen LogP contribution >= 0.6 is 11.3 Å². The second-order valence-electron chi connectivity index (χ2n) is 3.21. The van der Waals surface area contributed by atoms with Crippen LogP contribution in [0.25, 0.3) is 0 Å². The maximum Gasteiger partial charge on any atom is 0.0897 e. The fraction of sp³-hybridized carbons (Fsp3) is 0.750. The minimum absolute atomic E-state index is 0.797. The number of ether oxygens (including phenoxy) is 1. The van der Waals surface area contributed by atoms with Crippen LogP contribution in [0, 0.1) is 6.92 Å². The molecule has 0 saturated heterocycles. The lowest BCUT2D eigenvalue weighted by molar-refractivity contribution is 0.148. The fourth-order valence-corrected chi connectivity index (χ4v) is 2.11. The third kappa shape index (κ3) is 6.20. The number of rotatable bonds is 6. The van der Waals surface area contributed by atoms with Gasteiger partial charge in [0.15, 0.2) is 0 Å². The molecule has 1 heterocycles. The number of aryl methyl sites for hydroxylation is 1. The lowest BCUT2D eigenvalue weighted by atomic mass is 10.4. The van der Waals surface area contributed by atoms with Gasteiger partial charge in [0.2, 0.25) is 0 Å². The summed E-state index contributed by atoms with van der Waals surface area (Å²) in [7, 11) is 1.74. The van der Waals surface area contributed by atoms with E-state index in [-0.39, 0.29) is 0 Å². The Hall–Kier alpha value is -0.450. The predicted octanol–water partition coefficient (Wildman–Crippen LogP) is 2.95. The molecule has 0 saturated carbocycles. The molecule has 1 rings (SSSR count). The third-order valence-electron chi connectivity index (χ3n) is 2.11. The van der Waals surface area contributed by atoms with Crippen LogP contribution in [0.5, 0.6) is 0 Å². The first kappa shape index (κ1) is 15.6. The number of nitrogens with zero attached hydrogens (tertiary/aromatic N) is 2. The van der Waals surface area contributed by atoms with Crippen molar-refractivity contribution in [2.45, 2.75) is 34.2 Å². The van der Waals surface area contributed by atoms with Crippen molar-refractivity contribution in [3.63, 3.8) is 0 Å². The van der Waals surface area contributed by atoms with E-state index in [2.05, 4.69) is 16.8 Å². The van der Waals surface area contributed by atoms with Crippen molar-refractivity contribution in [3.8, 4) is 0 Å². The Morgan fingerprint density at radius 1 is 1.44 bits per heavy atom. The van der Waals surface area contributed by atoms with Crippen molar-refractivity contribution in [2.24, 2.45) is 0 Å². The number of likely N-dealkylation sites (N-methyl/N-ethyl adjacent to an activating group) is 1. The molecule has 1 aromatic rings. The first-order chi connectivity index (χ1) is 7.76. The second-order valence-corrected chi connectivity index (χ2v) is 4.53. The van der Waals surface area contributed by atoms with Gasteiger partial charge in [0.1, 0.15) is 0 Å². The summed E-state index contributed by atoms with van der Waals surface area (Å²) in [6.45, 7) is 12.0. The van der Waals surface area contributed by atoms with Crippen molar-refractivity contribution in [2.75, 3.05) is 26.8 Å². The molecule has 0 aromatic carbocycles. The first-order valence-corrected chi connectivity index (χ1v) is 6.70. The zero-order chi connectivity index (χ0) is 12.4. The van der Waals surface area contributed by atoms with Crippen molar-refractivity contribution < 1.29 is 4.74 Å². The van der Waals surface area contributed by atoms with Gasteiger partial charge in [-0.15, -0.1) is 11.3 Å². The van der Waals surface area contributed by atoms with Crippen molar-refractivity contribution in [1.29, 1.82) is 0 Å². The van der Waals surface area contributed by atoms with Crippen LogP contribution < -0.4 is 0 Å². The first-order valence-electron chi connectivity index (χ1n) is 5.88. The Labute approximate surface area is 103 Å². The van der Waals surface area contributed by atoms with Gasteiger partial charge in [0, 0.05) is 31.3 Å². The van der Waals surface area contributed by atoms with E-state index in [0.29, 0.717) is 0 Å². The van der Waals surface area contributed by atoms with Gasteiger partial charge in [-0.3, -0.25) is 4.90 Å². The summed E-state index contributed by atoms with van der Waals surface area (Å²) in [5, 5.41) is 1.14. The lowest BCUT2D eigenvalue weighted by Gasteiger charge is -2.18. The Bertz CT molecular complexity index is 263. The van der Waals surface area contributed by atoms with Crippen molar-refractivity contribution in [1.82, 2.24) is 9.88 Å². The molecule has 3 nitrogen and oxygen atoms in total. The van der Waals surface area contributed by atoms with Crippen LogP contribution in [0.2, 0.25) is 0 Å². The van der Waals surface area contributed by atoms with E-state index in [4.69, 9.17) is 4.74 Å². The Kier molecular flexibility index (Phi) is 9.48. The van der Waals surface area contributed by atoms with E-state index in [1.807, 2.05) is 27.0 Å². The lowest BCUT2D eigenvalue weighted by Crippen LogP contribution is -2.26. The molecule has 1 aromatic heterocycles. The van der Waals surface area contributed by atoms with Crippen LogP contribution in [0.1, 0.15) is 30.7 Å². The van der Waals surface area contributed by atoms with Gasteiger partial charge < -0.3 is 4.74 Å². The minimum Gasteiger partial charge on any atom is -0.383 e. The van der Waals surface area contributed by atoms with Crippen molar-refractivity contribution in [3.05, 3.63) is 16.1 Å². The van der Waals surface area contributed by atoms with Gasteiger partial charge >= 0.3 is 0 Å². The summed E-state index contributed by atoms with van der Waals surface area (Å²) in [5.74, 6) is 0. The summed E-state index contributed by atoms with van der Waals surface area (Å²) in [5.41, 5.74) is 0. The van der Waals surface area contributed by atoms with Gasteiger partial charge in [-0.05, 0) is 13.5 Å². The molecule has 0 atom stereocenters. The molecular weight excluding hydrogens is 220 g/mol. The molecule has 0 fully saturated rings. The highest BCUT2D eigenvalue weighted by atomic mass is 32.1. The Balaban J connectivity index is 0.00000106. The third-order valence-corrected chi connectivity index (χ3v) is 3.00. The summed E-state index contributed by atoms with van der Waals surface area (Å²) in [6, 6.07) is 0. The second kappa shape index (κ2) is 9.75. The van der Waals surface area contributed by atoms with Gasteiger partial charge in [-0.25, -0.2) is 4.98 Å². The number of methoxy groups -OCH3 is 1. The van der Waals surface area contributed by atoms with Crippen molar-refractivity contribution >= 4 is 11.3 Å². The molecule has 0 aliphatic heterocycles. The zero-order valence-corrected chi connectivity index (χ0v) is 11.9. The average Bonchev–Trinajstić information content (AvgIpc) is 2.72. The molecule has 0 N–H and O–H groups in total. The highest BCUT2D eigenvalue weighted by Gasteiger charge is 2.05.